The molecule has 11 heteroatoms. The van der Waals surface area contributed by atoms with Gasteiger partial charge in [0, 0.05) is 0 Å². The van der Waals surface area contributed by atoms with Gasteiger partial charge in [0.25, 0.3) is 0 Å². The van der Waals surface area contributed by atoms with Crippen LogP contribution in [0.4, 0.5) is 0 Å². The predicted molar refractivity (Wildman–Crippen MR) is 161 cm³/mol. The third-order valence-electron chi connectivity index (χ3n) is 11.3. The Kier molecular flexibility index (Phi) is 10.0. The second kappa shape index (κ2) is 13.3. The van der Waals surface area contributed by atoms with E-state index < -0.39 is 0 Å². The standard InChI is InChI=1S/C32H42N8.2ClH.Sn/c1-2-10-18-17(9-1)25-33-26(18)38-28-21-13-5-6-14-22(21)30(35-28)40-32-24-16-8-7-15-23(24)31(36-32)39-29-20-12-4-3-11-19(20)27(34-29)37-25;;;/h1-2,7-10,15-16,19-22,25-33,36-40H,3-6,11-14H2;2*1H;/q-2;;;+4/p-2. The molecule has 5 aliphatic heterocycles. The Morgan fingerprint density at radius 1 is 0.419 bits per heavy atom. The average molecular weight is 728 g/mol. The van der Waals surface area contributed by atoms with Crippen molar-refractivity contribution in [2.75, 3.05) is 0 Å². The summed E-state index contributed by atoms with van der Waals surface area (Å²) in [5.74, 6) is 2.29. The van der Waals surface area contributed by atoms with Crippen molar-refractivity contribution in [2.24, 2.45) is 23.7 Å². The molecule has 7 aliphatic rings. The third kappa shape index (κ3) is 5.60. The quantitative estimate of drug-likeness (QED) is 0.181. The van der Waals surface area contributed by atoms with Crippen molar-refractivity contribution >= 4 is 23.9 Å². The zero-order valence-electron chi connectivity index (χ0n) is 24.4. The van der Waals surface area contributed by atoms with Gasteiger partial charge in [-0.15, -0.1) is 0 Å². The van der Waals surface area contributed by atoms with Crippen LogP contribution in [0.2, 0.25) is 0 Å². The number of hydrogen-bond donors (Lipinski definition) is 6. The molecule has 9 rings (SSSR count). The molecule has 12 atom stereocenters. The van der Waals surface area contributed by atoms with Crippen molar-refractivity contribution < 1.29 is 24.8 Å². The van der Waals surface area contributed by atoms with E-state index in [1.54, 1.807) is 0 Å². The fraction of sp³-hybridized carbons (Fsp3) is 0.625. The zero-order chi connectivity index (χ0) is 26.2. The molecular formula is C32H42Cl2N8Sn. The molecular weight excluding hydrogens is 686 g/mol. The van der Waals surface area contributed by atoms with Crippen molar-refractivity contribution in [3.8, 4) is 0 Å². The maximum Gasteiger partial charge on any atom is 4.00 e. The SMILES string of the molecule is [Cl-].[Cl-].[Sn+4].c1ccc2c(c1)C1NC2NC2[N-]C(NC3NC(NC4[N-]C(N1)C1CCCCC41)c1ccccc13)C1CCCCC21. The summed E-state index contributed by atoms with van der Waals surface area (Å²) in [4.78, 5) is 0. The first kappa shape index (κ1) is 32.4. The largest absolute Gasteiger partial charge is 4.00 e. The Bertz CT molecular complexity index is 1090. The van der Waals surface area contributed by atoms with Crippen LogP contribution in [-0.2, 0) is 0 Å². The van der Waals surface area contributed by atoms with Gasteiger partial charge in [0.1, 0.15) is 0 Å². The van der Waals surface area contributed by atoms with Gasteiger partial charge in [0.2, 0.25) is 0 Å². The van der Waals surface area contributed by atoms with E-state index in [1.165, 1.54) is 73.6 Å². The van der Waals surface area contributed by atoms with E-state index in [1.807, 2.05) is 0 Å². The Morgan fingerprint density at radius 3 is 0.930 bits per heavy atom. The van der Waals surface area contributed by atoms with Crippen LogP contribution < -0.4 is 56.7 Å². The number of rotatable bonds is 0. The van der Waals surface area contributed by atoms with Crippen molar-refractivity contribution in [1.82, 2.24) is 31.9 Å². The van der Waals surface area contributed by atoms with Crippen LogP contribution in [0.1, 0.15) is 98.3 Å². The molecule has 2 aromatic rings. The zero-order valence-corrected chi connectivity index (χ0v) is 28.7. The van der Waals surface area contributed by atoms with E-state index in [0.717, 1.165) is 0 Å². The van der Waals surface area contributed by atoms with Gasteiger partial charge in [0.15, 0.2) is 0 Å². The van der Waals surface area contributed by atoms with Crippen LogP contribution in [-0.4, -0.2) is 48.6 Å². The van der Waals surface area contributed by atoms with Gasteiger partial charge in [-0.05, 0) is 45.9 Å². The molecule has 0 radical (unpaired) electrons. The van der Waals surface area contributed by atoms with Gasteiger partial charge in [-0.2, -0.15) is 0 Å². The van der Waals surface area contributed by atoms with E-state index in [0.29, 0.717) is 23.7 Å². The molecule has 8 bridgehead atoms. The van der Waals surface area contributed by atoms with Crippen LogP contribution in [0, 0.1) is 23.7 Å². The van der Waals surface area contributed by atoms with Gasteiger partial charge in [-0.3, -0.25) is 10.6 Å². The van der Waals surface area contributed by atoms with Crippen LogP contribution in [0.15, 0.2) is 48.5 Å². The molecule has 2 saturated carbocycles. The van der Waals surface area contributed by atoms with Gasteiger partial charge in [0.05, 0.1) is 24.7 Å². The van der Waals surface area contributed by atoms with Crippen LogP contribution in [0.25, 0.3) is 10.6 Å². The van der Waals surface area contributed by atoms with E-state index in [2.05, 4.69) is 80.4 Å². The Labute approximate surface area is 285 Å². The van der Waals surface area contributed by atoms with Gasteiger partial charge < -0.3 is 56.7 Å². The first-order valence-corrected chi connectivity index (χ1v) is 15.9. The average Bonchev–Trinajstić information content (AvgIpc) is 3.73. The Balaban J connectivity index is 0.00000110. The summed E-state index contributed by atoms with van der Waals surface area (Å²) in [6.07, 6.45) is 11.2. The maximum atomic E-state index is 5.48. The predicted octanol–water partition coefficient (Wildman–Crippen LogP) is -1.72. The summed E-state index contributed by atoms with van der Waals surface area (Å²) in [5, 5.41) is 34.9. The molecule has 12 unspecified atom stereocenters. The number of nitrogens with zero attached hydrogens (tertiary/aromatic N) is 2. The summed E-state index contributed by atoms with van der Waals surface area (Å²) < 4.78 is 0. The van der Waals surface area contributed by atoms with Crippen molar-refractivity contribution in [2.45, 2.75) is 101 Å². The molecule has 5 heterocycles. The number of benzene rings is 2. The molecule has 2 aliphatic carbocycles. The topological polar surface area (TPSA) is 100 Å². The van der Waals surface area contributed by atoms with E-state index in [4.69, 9.17) is 10.6 Å². The minimum Gasteiger partial charge on any atom is -1.00 e. The molecule has 0 amide bonds. The fourth-order valence-corrected chi connectivity index (χ4v) is 9.40. The molecule has 3 saturated heterocycles. The van der Waals surface area contributed by atoms with E-state index >= 15 is 0 Å². The molecule has 43 heavy (non-hydrogen) atoms. The number of nitrogens with one attached hydrogen (secondary N) is 6. The number of hydrogen-bond acceptors (Lipinski definition) is 6. The summed E-state index contributed by atoms with van der Waals surface area (Å²) in [5.41, 5.74) is 5.41. The molecule has 0 spiro atoms. The first-order chi connectivity index (χ1) is 19.8. The molecule has 8 nitrogen and oxygen atoms in total. The van der Waals surface area contributed by atoms with Crippen molar-refractivity contribution in [3.05, 3.63) is 81.4 Å². The van der Waals surface area contributed by atoms with Gasteiger partial charge >= 0.3 is 23.9 Å². The molecule has 228 valence electrons. The Morgan fingerprint density at radius 2 is 0.674 bits per heavy atom. The van der Waals surface area contributed by atoms with Crippen molar-refractivity contribution in [3.63, 3.8) is 0 Å². The summed E-state index contributed by atoms with van der Waals surface area (Å²) in [6.45, 7) is 0. The molecule has 6 N–H and O–H groups in total. The van der Waals surface area contributed by atoms with Crippen LogP contribution >= 0.6 is 0 Å². The smallest absolute Gasteiger partial charge is 1.00 e. The third-order valence-corrected chi connectivity index (χ3v) is 11.3. The maximum absolute atomic E-state index is 5.48. The van der Waals surface area contributed by atoms with Crippen LogP contribution in [0.3, 0.4) is 0 Å². The second-order valence-electron chi connectivity index (χ2n) is 13.3. The monoisotopic (exact) mass is 728 g/mol. The number of halogens is 2. The number of fused-ring (bicyclic) bond motifs is 20. The minimum atomic E-state index is 0. The van der Waals surface area contributed by atoms with Gasteiger partial charge in [-0.1, -0.05) is 125 Å². The van der Waals surface area contributed by atoms with Crippen molar-refractivity contribution in [1.29, 1.82) is 0 Å². The first-order valence-electron chi connectivity index (χ1n) is 15.9. The summed E-state index contributed by atoms with van der Waals surface area (Å²) in [6, 6.07) is 17.9. The normalized spacial score (nSPS) is 42.2. The second-order valence-corrected chi connectivity index (χ2v) is 13.3. The van der Waals surface area contributed by atoms with E-state index in [-0.39, 0.29) is 98.0 Å². The Hall–Kier alpha value is -0.501. The molecule has 2 aromatic carbocycles. The van der Waals surface area contributed by atoms with Crippen LogP contribution in [0.5, 0.6) is 0 Å². The molecule has 0 aromatic heterocycles. The molecule has 5 fully saturated rings. The minimum absolute atomic E-state index is 0. The van der Waals surface area contributed by atoms with E-state index in [9.17, 15) is 0 Å². The fourth-order valence-electron chi connectivity index (χ4n) is 9.40. The van der Waals surface area contributed by atoms with Gasteiger partial charge in [-0.25, -0.2) is 0 Å². The summed E-state index contributed by atoms with van der Waals surface area (Å²) >= 11 is 0. The summed E-state index contributed by atoms with van der Waals surface area (Å²) in [7, 11) is 0.